The highest BCUT2D eigenvalue weighted by molar-refractivity contribution is 7.61. The van der Waals surface area contributed by atoms with Gasteiger partial charge in [-0.15, -0.1) is 0 Å². The van der Waals surface area contributed by atoms with Gasteiger partial charge in [0.2, 0.25) is 0 Å². The van der Waals surface area contributed by atoms with Crippen molar-refractivity contribution in [2.45, 2.75) is 243 Å². The van der Waals surface area contributed by atoms with Gasteiger partial charge in [-0.25, -0.2) is 13.9 Å². The molecule has 1 aromatic rings. The summed E-state index contributed by atoms with van der Waals surface area (Å²) < 4.78 is 64.9. The van der Waals surface area contributed by atoms with Crippen LogP contribution in [0.3, 0.4) is 0 Å². The number of unbranched alkanes of at least 4 members (excludes halogenated alkanes) is 15. The standard InChI is InChI=1S/C53H93N3O19P2/c1-4-6-21-27-40(57)31-32-44-50(62)51(63)45-38-71-77(67,68)75-76(65,66)70-37-41(72-48(60)30-25-18-16-14-12-10-8-7-9-11-13-15-17-22-26-39(3)5-2)36-69-47(59)29-24-20-19-23-28-42(43(58)35-49(61)73-44)52(74-45)56-34-33-46(54)55-53(56)64/h19,23,31-34,39-45,49-52,57-58,61-63H,4-18,20-22,24-30,35-38H2,1-3H3,(H,65,66)(H,67,68)(H2,54,55,64)/b23-19?,32-31+/t39?,40-,41+,42-,43-,44+,45+,49?,50-,51+,52+/m0/s1. The first kappa shape index (κ1) is 68.4. The van der Waals surface area contributed by atoms with Gasteiger partial charge < -0.3 is 60.0 Å². The zero-order chi connectivity index (χ0) is 56.6. The van der Waals surface area contributed by atoms with Crippen molar-refractivity contribution in [2.75, 3.05) is 25.6 Å². The van der Waals surface area contributed by atoms with E-state index in [1.54, 1.807) is 12.2 Å². The maximum Gasteiger partial charge on any atom is 0.481 e. The van der Waals surface area contributed by atoms with Gasteiger partial charge in [-0.05, 0) is 44.1 Å². The number of ether oxygens (including phenoxy) is 4. The highest BCUT2D eigenvalue weighted by Crippen LogP contribution is 2.60. The number of carbonyl (C=O) groups is 2. The van der Waals surface area contributed by atoms with E-state index in [0.717, 1.165) is 55.2 Å². The predicted molar refractivity (Wildman–Crippen MR) is 288 cm³/mol. The zero-order valence-electron chi connectivity index (χ0n) is 45.7. The van der Waals surface area contributed by atoms with E-state index in [0.29, 0.717) is 19.3 Å². The van der Waals surface area contributed by atoms with Crippen molar-refractivity contribution >= 4 is 33.4 Å². The van der Waals surface area contributed by atoms with E-state index < -0.39 is 121 Å². The van der Waals surface area contributed by atoms with Crippen LogP contribution < -0.4 is 11.4 Å². The Morgan fingerprint density at radius 3 is 2.06 bits per heavy atom. The summed E-state index contributed by atoms with van der Waals surface area (Å²) in [5.41, 5.74) is 4.76. The zero-order valence-corrected chi connectivity index (χ0v) is 47.5. The number of phosphoric ester groups is 2. The summed E-state index contributed by atoms with van der Waals surface area (Å²) in [6.07, 6.45) is 12.2. The average molecular weight is 1140 g/mol. The lowest BCUT2D eigenvalue weighted by atomic mass is 9.92. The number of nitrogens with two attached hydrogens (primary N) is 1. The van der Waals surface area contributed by atoms with Crippen LogP contribution in [0.4, 0.5) is 5.82 Å². The molecule has 0 amide bonds. The third kappa shape index (κ3) is 28.9. The number of aliphatic hydroxyl groups excluding tert-OH is 5. The molecule has 1 fully saturated rings. The predicted octanol–water partition coefficient (Wildman–Crippen LogP) is 8.14. The smallest absolute Gasteiger partial charge is 0.462 e. The van der Waals surface area contributed by atoms with E-state index in [2.05, 4.69) is 23.1 Å². The monoisotopic (exact) mass is 1140 g/mol. The lowest BCUT2D eigenvalue weighted by molar-refractivity contribution is -0.192. The molecule has 4 unspecified atom stereocenters. The highest BCUT2D eigenvalue weighted by Gasteiger charge is 2.44. The lowest BCUT2D eigenvalue weighted by Gasteiger charge is -2.36. The minimum Gasteiger partial charge on any atom is -0.462 e. The fourth-order valence-corrected chi connectivity index (χ4v) is 11.1. The number of cyclic esters (lactones) is 1. The van der Waals surface area contributed by atoms with Gasteiger partial charge in [-0.1, -0.05) is 161 Å². The highest BCUT2D eigenvalue weighted by atomic mass is 31.3. The number of phosphoric acid groups is 2. The Morgan fingerprint density at radius 1 is 0.831 bits per heavy atom. The third-order valence-electron chi connectivity index (χ3n) is 13.9. The molecule has 0 aliphatic carbocycles. The topological polar surface area (TPSA) is 335 Å². The second kappa shape index (κ2) is 37.9. The molecule has 0 aromatic carbocycles. The average Bonchev–Trinajstić information content (AvgIpc) is 3.38. The molecule has 0 spiro atoms. The van der Waals surface area contributed by atoms with Gasteiger partial charge in [0.1, 0.15) is 43.1 Å². The van der Waals surface area contributed by atoms with Gasteiger partial charge in [0.05, 0.1) is 25.4 Å². The van der Waals surface area contributed by atoms with Gasteiger partial charge >= 0.3 is 33.3 Å². The van der Waals surface area contributed by atoms with Crippen molar-refractivity contribution in [3.8, 4) is 0 Å². The summed E-state index contributed by atoms with van der Waals surface area (Å²) >= 11 is 0. The normalized spacial score (nSPS) is 29.7. The molecule has 3 heterocycles. The number of carbonyl (C=O) groups excluding carboxylic acids is 2. The fourth-order valence-electron chi connectivity index (χ4n) is 9.03. The summed E-state index contributed by atoms with van der Waals surface area (Å²) in [4.78, 5) is 64.5. The SMILES string of the molecule is CCCCC[C@H](O)/C=C/[C@H]1OC(O)C[C@H](O)[C@@H]2CC=CCCCC(=O)OC[C@@H](OC(=O)CCCCCCCCCCCCCCCCC(C)CC)COP(=O)(O)OP(=O)(O)OC[C@@H](O[C@H]2n2ccc(N)nc2=O)[C@@H](O)[C@H]1O. The molecule has 444 valence electrons. The number of hydrogen-bond donors (Lipinski definition) is 8. The number of nitrogen functional groups attached to an aromatic ring is 1. The number of anilines is 1. The molecule has 2 bridgehead atoms. The van der Waals surface area contributed by atoms with Crippen LogP contribution in [0, 0.1) is 11.8 Å². The number of hydrogen-bond acceptors (Lipinski definition) is 19. The first-order chi connectivity index (χ1) is 36.7. The molecule has 2 aliphatic heterocycles. The van der Waals surface area contributed by atoms with Gasteiger partial charge in [-0.2, -0.15) is 9.29 Å². The first-order valence-corrected chi connectivity index (χ1v) is 31.1. The minimum atomic E-state index is -5.74. The third-order valence-corrected chi connectivity index (χ3v) is 16.5. The first-order valence-electron chi connectivity index (χ1n) is 28.1. The fraction of sp³-hybridized carbons (Fsp3) is 0.811. The van der Waals surface area contributed by atoms with Crippen molar-refractivity contribution in [3.63, 3.8) is 0 Å². The Morgan fingerprint density at radius 2 is 1.44 bits per heavy atom. The van der Waals surface area contributed by atoms with E-state index in [1.165, 1.54) is 88.8 Å². The van der Waals surface area contributed by atoms with Crippen LogP contribution >= 0.6 is 15.6 Å². The molecule has 22 nitrogen and oxygen atoms in total. The van der Waals surface area contributed by atoms with E-state index in [9.17, 15) is 58.8 Å². The van der Waals surface area contributed by atoms with Crippen LogP contribution in [0.15, 0.2) is 41.4 Å². The minimum absolute atomic E-state index is 0.00186. The van der Waals surface area contributed by atoms with Gasteiger partial charge in [0.15, 0.2) is 12.4 Å². The van der Waals surface area contributed by atoms with Gasteiger partial charge in [0.25, 0.3) is 0 Å². The Bertz CT molecular complexity index is 2030. The number of aromatic nitrogens is 2. The van der Waals surface area contributed by atoms with Crippen molar-refractivity contribution in [2.24, 2.45) is 11.8 Å². The summed E-state index contributed by atoms with van der Waals surface area (Å²) in [5, 5.41) is 56.9. The van der Waals surface area contributed by atoms with Crippen LogP contribution in [0.25, 0.3) is 0 Å². The molecule has 1 saturated heterocycles. The Balaban J connectivity index is 1.74. The van der Waals surface area contributed by atoms with Crippen LogP contribution in [0.2, 0.25) is 0 Å². The number of allylic oxidation sites excluding steroid dienone is 2. The van der Waals surface area contributed by atoms with Crippen LogP contribution in [-0.4, -0.2) is 126 Å². The van der Waals surface area contributed by atoms with Crippen molar-refractivity contribution < 1.29 is 86.3 Å². The second-order valence-electron chi connectivity index (χ2n) is 20.6. The van der Waals surface area contributed by atoms with E-state index >= 15 is 0 Å². The number of aliphatic hydroxyl groups is 5. The molecular weight excluding hydrogens is 1040 g/mol. The van der Waals surface area contributed by atoms with Crippen LogP contribution in [-0.2, 0) is 51.0 Å². The summed E-state index contributed by atoms with van der Waals surface area (Å²) in [5.74, 6) is -2.02. The van der Waals surface area contributed by atoms with Crippen molar-refractivity contribution in [1.29, 1.82) is 0 Å². The molecule has 1 aromatic heterocycles. The molecule has 13 atom stereocenters. The van der Waals surface area contributed by atoms with Crippen molar-refractivity contribution in [1.82, 2.24) is 9.55 Å². The molecule has 0 saturated carbocycles. The largest absolute Gasteiger partial charge is 0.481 e. The summed E-state index contributed by atoms with van der Waals surface area (Å²) in [6.45, 7) is 3.79. The molecule has 24 heteroatoms. The summed E-state index contributed by atoms with van der Waals surface area (Å²) in [6, 6.07) is 1.23. The maximum atomic E-state index is 13.4. The van der Waals surface area contributed by atoms with Crippen LogP contribution in [0.5, 0.6) is 0 Å². The molecular formula is C53H93N3O19P2. The number of fused-ring (bicyclic) bond motifs is 3. The molecule has 2 aliphatic rings. The van der Waals surface area contributed by atoms with E-state index in [1.807, 2.05) is 6.92 Å². The van der Waals surface area contributed by atoms with E-state index in [4.69, 9.17) is 33.7 Å². The van der Waals surface area contributed by atoms with Crippen LogP contribution in [0.1, 0.15) is 194 Å². The molecule has 9 N–H and O–H groups in total. The summed E-state index contributed by atoms with van der Waals surface area (Å²) in [7, 11) is -11.3. The number of nitrogens with zero attached hydrogens (tertiary/aromatic N) is 2. The van der Waals surface area contributed by atoms with E-state index in [-0.39, 0.29) is 37.9 Å². The molecule has 3 rings (SSSR count). The Hall–Kier alpha value is -2.92. The maximum absolute atomic E-state index is 13.4. The molecule has 77 heavy (non-hydrogen) atoms. The number of rotatable bonds is 26. The Labute approximate surface area is 455 Å². The van der Waals surface area contributed by atoms with Gasteiger partial charge in [0, 0.05) is 31.4 Å². The number of esters is 2. The quantitative estimate of drug-likeness (QED) is 0.0188. The van der Waals surface area contributed by atoms with Gasteiger partial charge in [-0.3, -0.25) is 23.2 Å². The second-order valence-corrected chi connectivity index (χ2v) is 23.6. The Kier molecular flexibility index (Phi) is 33.7. The lowest BCUT2D eigenvalue weighted by Crippen LogP contribution is -2.49. The van der Waals surface area contributed by atoms with Crippen molar-refractivity contribution in [3.05, 3.63) is 47.1 Å². The molecule has 0 radical (unpaired) electrons.